The fourth-order valence-electron chi connectivity index (χ4n) is 3.41. The SMILES string of the molecule is CC(F)(CC(CCCS(=O)(=O)NCCC[N+](C)(C)CC(=O)O)CC(C)(F)C(F)(F)F)C(F)(F)F. The summed E-state index contributed by atoms with van der Waals surface area (Å²) in [6.45, 7) is 0.346. The van der Waals surface area contributed by atoms with Crippen molar-refractivity contribution in [2.24, 2.45) is 5.92 Å². The quantitative estimate of drug-likeness (QED) is 0.186. The van der Waals surface area contributed by atoms with Crippen LogP contribution in [0.4, 0.5) is 35.1 Å². The molecule has 204 valence electrons. The number of hydrogen-bond acceptors (Lipinski definition) is 3. The van der Waals surface area contributed by atoms with Gasteiger partial charge in [0, 0.05) is 13.0 Å². The molecule has 0 spiro atoms. The number of aliphatic carboxylic acids is 1. The third kappa shape index (κ3) is 12.0. The van der Waals surface area contributed by atoms with E-state index in [4.69, 9.17) is 5.11 Å². The van der Waals surface area contributed by atoms with Crippen LogP contribution in [0.1, 0.15) is 46.0 Å². The molecule has 0 aliphatic rings. The largest absolute Gasteiger partial charge is 0.477 e. The normalized spacial score (nSPS) is 18.2. The molecule has 6 nitrogen and oxygen atoms in total. The number of carbonyl (C=O) groups is 1. The molecule has 0 saturated heterocycles. The number of nitrogens with one attached hydrogen (secondary N) is 1. The van der Waals surface area contributed by atoms with Gasteiger partial charge < -0.3 is 9.59 Å². The van der Waals surface area contributed by atoms with E-state index in [0.29, 0.717) is 6.54 Å². The first-order valence-corrected chi connectivity index (χ1v) is 12.1. The predicted molar refractivity (Wildman–Crippen MR) is 109 cm³/mol. The fraction of sp³-hybridized carbons (Fsp3) is 0.947. The van der Waals surface area contributed by atoms with Crippen molar-refractivity contribution < 1.29 is 57.9 Å². The predicted octanol–water partition coefficient (Wildman–Crippen LogP) is 4.21. The molecule has 0 bridgehead atoms. The monoisotopic (exact) mass is 537 g/mol. The molecular formula is C19H33F8N2O4S+. The minimum Gasteiger partial charge on any atom is -0.477 e. The number of nitrogens with zero attached hydrogens (tertiary/aromatic N) is 1. The lowest BCUT2D eigenvalue weighted by molar-refractivity contribution is -0.883. The number of sulfonamides is 1. The Morgan fingerprint density at radius 1 is 0.912 bits per heavy atom. The highest BCUT2D eigenvalue weighted by atomic mass is 32.2. The molecular weight excluding hydrogens is 504 g/mol. The highest BCUT2D eigenvalue weighted by molar-refractivity contribution is 7.89. The van der Waals surface area contributed by atoms with Crippen LogP contribution < -0.4 is 4.72 Å². The summed E-state index contributed by atoms with van der Waals surface area (Å²) in [6.07, 6.45) is -14.4. The van der Waals surface area contributed by atoms with Gasteiger partial charge in [0.15, 0.2) is 6.54 Å². The molecule has 0 radical (unpaired) electrons. The van der Waals surface area contributed by atoms with Crippen LogP contribution in [0, 0.1) is 5.92 Å². The number of carboxylic acid groups (broad SMARTS) is 1. The second kappa shape index (κ2) is 11.7. The summed E-state index contributed by atoms with van der Waals surface area (Å²) in [5, 5.41) is 8.81. The van der Waals surface area contributed by atoms with Gasteiger partial charge in [-0.25, -0.2) is 26.7 Å². The zero-order valence-corrected chi connectivity index (χ0v) is 20.3. The number of hydrogen-bond donors (Lipinski definition) is 2. The van der Waals surface area contributed by atoms with Crippen LogP contribution >= 0.6 is 0 Å². The third-order valence-electron chi connectivity index (χ3n) is 5.38. The summed E-state index contributed by atoms with van der Waals surface area (Å²) in [6, 6.07) is 0. The van der Waals surface area contributed by atoms with Crippen LogP contribution in [0.25, 0.3) is 0 Å². The lowest BCUT2D eigenvalue weighted by Gasteiger charge is -2.32. The van der Waals surface area contributed by atoms with Crippen molar-refractivity contribution in [3.63, 3.8) is 0 Å². The summed E-state index contributed by atoms with van der Waals surface area (Å²) in [7, 11) is -0.714. The van der Waals surface area contributed by atoms with Gasteiger partial charge in [-0.1, -0.05) is 0 Å². The molecule has 0 aromatic heterocycles. The number of halogens is 8. The summed E-state index contributed by atoms with van der Waals surface area (Å²) < 4.78 is 132. The van der Waals surface area contributed by atoms with Crippen LogP contribution in [-0.2, 0) is 14.8 Å². The average Bonchev–Trinajstić information content (AvgIpc) is 2.54. The highest BCUT2D eigenvalue weighted by Crippen LogP contribution is 2.45. The fourth-order valence-corrected chi connectivity index (χ4v) is 4.55. The molecule has 0 fully saturated rings. The summed E-state index contributed by atoms with van der Waals surface area (Å²) in [4.78, 5) is 10.8. The van der Waals surface area contributed by atoms with Crippen molar-refractivity contribution in [3.05, 3.63) is 0 Å². The maximum atomic E-state index is 14.1. The Balaban J connectivity index is 5.01. The second-order valence-electron chi connectivity index (χ2n) is 9.58. The Bertz CT molecular complexity index is 737. The zero-order chi connectivity index (χ0) is 27.2. The first kappa shape index (κ1) is 32.8. The Morgan fingerprint density at radius 2 is 1.35 bits per heavy atom. The van der Waals surface area contributed by atoms with E-state index in [1.807, 2.05) is 0 Å². The standard InChI is InChI=1S/C19H32F8N2O4S/c1-16(20,18(22,23)24)11-14(12-17(2,21)19(25,26)27)7-5-10-34(32,33)28-8-6-9-29(3,4)13-15(30)31/h14,28H,5-13H2,1-4H3/p+1. The van der Waals surface area contributed by atoms with Crippen molar-refractivity contribution in [1.82, 2.24) is 4.72 Å². The van der Waals surface area contributed by atoms with Gasteiger partial charge in [-0.2, -0.15) is 26.3 Å². The average molecular weight is 538 g/mol. The molecule has 34 heavy (non-hydrogen) atoms. The molecule has 0 heterocycles. The van der Waals surface area contributed by atoms with Crippen molar-refractivity contribution >= 4 is 16.0 Å². The first-order chi connectivity index (χ1) is 14.9. The first-order valence-electron chi connectivity index (χ1n) is 10.4. The molecule has 2 unspecified atom stereocenters. The van der Waals surface area contributed by atoms with Crippen molar-refractivity contribution in [1.29, 1.82) is 0 Å². The number of carboxylic acids is 1. The van der Waals surface area contributed by atoms with Crippen LogP contribution in [-0.4, -0.2) is 87.1 Å². The molecule has 15 heteroatoms. The van der Waals surface area contributed by atoms with Gasteiger partial charge in [-0.05, 0) is 45.4 Å². The molecule has 2 N–H and O–H groups in total. The van der Waals surface area contributed by atoms with E-state index in [1.54, 1.807) is 14.1 Å². The van der Waals surface area contributed by atoms with E-state index in [2.05, 4.69) is 4.72 Å². The van der Waals surface area contributed by atoms with Crippen LogP contribution in [0.15, 0.2) is 0 Å². The number of quaternary nitrogens is 1. The number of likely N-dealkylation sites (N-methyl/N-ethyl adjacent to an activating group) is 1. The summed E-state index contributed by atoms with van der Waals surface area (Å²) in [5.41, 5.74) is -7.76. The lowest BCUT2D eigenvalue weighted by Crippen LogP contribution is -2.45. The van der Waals surface area contributed by atoms with Crippen molar-refractivity contribution in [2.75, 3.05) is 39.5 Å². The van der Waals surface area contributed by atoms with E-state index >= 15 is 0 Å². The van der Waals surface area contributed by atoms with E-state index in [1.165, 1.54) is 0 Å². The van der Waals surface area contributed by atoms with Gasteiger partial charge in [-0.15, -0.1) is 0 Å². The third-order valence-corrected chi connectivity index (χ3v) is 6.85. The Hall–Kier alpha value is -1.22. The van der Waals surface area contributed by atoms with Crippen LogP contribution in [0.3, 0.4) is 0 Å². The van der Waals surface area contributed by atoms with Crippen molar-refractivity contribution in [2.45, 2.75) is 69.6 Å². The number of alkyl halides is 8. The van der Waals surface area contributed by atoms with Gasteiger partial charge in [-0.3, -0.25) is 0 Å². The Kier molecular flexibility index (Phi) is 11.3. The summed E-state index contributed by atoms with van der Waals surface area (Å²) in [5.74, 6) is -3.43. The van der Waals surface area contributed by atoms with E-state index in [-0.39, 0.29) is 37.8 Å². The van der Waals surface area contributed by atoms with Crippen molar-refractivity contribution in [3.8, 4) is 0 Å². The van der Waals surface area contributed by atoms with Gasteiger partial charge in [0.05, 0.1) is 26.4 Å². The maximum Gasteiger partial charge on any atom is 0.422 e. The second-order valence-corrected chi connectivity index (χ2v) is 11.5. The smallest absolute Gasteiger partial charge is 0.422 e. The van der Waals surface area contributed by atoms with E-state index < -0.39 is 77.0 Å². The number of rotatable bonds is 15. The van der Waals surface area contributed by atoms with Crippen LogP contribution in [0.2, 0.25) is 0 Å². The topological polar surface area (TPSA) is 83.5 Å². The molecule has 0 aromatic carbocycles. The minimum atomic E-state index is -5.39. The molecule has 0 aromatic rings. The molecule has 2 atom stereocenters. The van der Waals surface area contributed by atoms with Gasteiger partial charge in [0.1, 0.15) is 0 Å². The zero-order valence-electron chi connectivity index (χ0n) is 19.5. The molecule has 0 amide bonds. The van der Waals surface area contributed by atoms with E-state index in [0.717, 1.165) is 0 Å². The molecule has 0 rings (SSSR count). The van der Waals surface area contributed by atoms with Gasteiger partial charge in [0.25, 0.3) is 0 Å². The maximum absolute atomic E-state index is 14.1. The Labute approximate surface area is 194 Å². The highest BCUT2D eigenvalue weighted by Gasteiger charge is 2.56. The van der Waals surface area contributed by atoms with Gasteiger partial charge >= 0.3 is 18.3 Å². The lowest BCUT2D eigenvalue weighted by atomic mass is 9.82. The minimum absolute atomic E-state index is 0.0691. The van der Waals surface area contributed by atoms with Crippen LogP contribution in [0.5, 0.6) is 0 Å². The Morgan fingerprint density at radius 3 is 1.74 bits per heavy atom. The molecule has 0 aliphatic heterocycles. The van der Waals surface area contributed by atoms with E-state index in [9.17, 15) is 48.3 Å². The summed E-state index contributed by atoms with van der Waals surface area (Å²) >= 11 is 0. The molecule has 0 aliphatic carbocycles. The van der Waals surface area contributed by atoms with Gasteiger partial charge in [0.2, 0.25) is 21.4 Å². The molecule has 0 saturated carbocycles.